The fraction of sp³-hybridized carbons (Fsp3) is 0.476. The highest BCUT2D eigenvalue weighted by molar-refractivity contribution is 7.92. The smallest absolute Gasteiger partial charge is 0.262 e. The molecule has 0 spiro atoms. The Kier molecular flexibility index (Phi) is 6.12. The third-order valence-electron chi connectivity index (χ3n) is 5.41. The average molecular weight is 434 g/mol. The molecule has 1 saturated heterocycles. The van der Waals surface area contributed by atoms with Crippen LogP contribution >= 0.6 is 0 Å². The van der Waals surface area contributed by atoms with Crippen molar-refractivity contribution in [2.45, 2.75) is 30.3 Å². The molecule has 1 atom stereocenters. The number of nitrogens with one attached hydrogen (secondary N) is 1. The molecule has 1 aromatic heterocycles. The predicted octanol–water partition coefficient (Wildman–Crippen LogP) is 2.09. The van der Waals surface area contributed by atoms with Crippen LogP contribution in [-0.4, -0.2) is 64.9 Å². The third kappa shape index (κ3) is 4.69. The molecule has 30 heavy (non-hydrogen) atoms. The van der Waals surface area contributed by atoms with Gasteiger partial charge in [0.1, 0.15) is 17.5 Å². The molecule has 0 aliphatic carbocycles. The Morgan fingerprint density at radius 2 is 1.97 bits per heavy atom. The fourth-order valence-corrected chi connectivity index (χ4v) is 4.70. The number of methoxy groups -OCH3 is 1. The minimum Gasteiger partial charge on any atom is -0.488 e. The maximum absolute atomic E-state index is 13.0. The largest absolute Gasteiger partial charge is 0.488 e. The van der Waals surface area contributed by atoms with Gasteiger partial charge in [-0.15, -0.1) is 0 Å². The fourth-order valence-electron chi connectivity index (χ4n) is 3.65. The van der Waals surface area contributed by atoms with Gasteiger partial charge in [0, 0.05) is 31.6 Å². The first-order valence-electron chi connectivity index (χ1n) is 10.1. The van der Waals surface area contributed by atoms with Crippen molar-refractivity contribution < 1.29 is 22.6 Å². The van der Waals surface area contributed by atoms with Crippen LogP contribution in [0.25, 0.3) is 0 Å². The SMILES string of the molecule is COc1nc2c(cc1NS(=O)(=O)c1ccc(O[C@@H]3CCOC3)cc1)CCN(C)CC2. The maximum atomic E-state index is 13.0. The summed E-state index contributed by atoms with van der Waals surface area (Å²) in [6.07, 6.45) is 2.47. The van der Waals surface area contributed by atoms with Gasteiger partial charge in [0.15, 0.2) is 0 Å². The number of nitrogens with zero attached hydrogens (tertiary/aromatic N) is 2. The minimum atomic E-state index is -3.80. The number of anilines is 1. The van der Waals surface area contributed by atoms with E-state index >= 15 is 0 Å². The summed E-state index contributed by atoms with van der Waals surface area (Å²) in [4.78, 5) is 6.95. The summed E-state index contributed by atoms with van der Waals surface area (Å²) in [5.74, 6) is 0.904. The molecular formula is C21H27N3O5S. The van der Waals surface area contributed by atoms with Crippen molar-refractivity contribution in [2.75, 3.05) is 45.2 Å². The normalized spacial score (nSPS) is 19.7. The van der Waals surface area contributed by atoms with Crippen LogP contribution in [0.1, 0.15) is 17.7 Å². The molecule has 0 unspecified atom stereocenters. The lowest BCUT2D eigenvalue weighted by molar-refractivity contribution is 0.141. The lowest BCUT2D eigenvalue weighted by Crippen LogP contribution is -2.20. The van der Waals surface area contributed by atoms with Crippen LogP contribution in [0.5, 0.6) is 11.6 Å². The van der Waals surface area contributed by atoms with Crippen LogP contribution in [0.3, 0.4) is 0 Å². The molecule has 0 radical (unpaired) electrons. The summed E-state index contributed by atoms with van der Waals surface area (Å²) >= 11 is 0. The summed E-state index contributed by atoms with van der Waals surface area (Å²) in [6.45, 7) is 3.06. The number of sulfonamides is 1. The van der Waals surface area contributed by atoms with E-state index in [9.17, 15) is 8.42 Å². The molecule has 1 fully saturated rings. The second-order valence-corrected chi connectivity index (χ2v) is 9.32. The summed E-state index contributed by atoms with van der Waals surface area (Å²) in [5, 5.41) is 0. The maximum Gasteiger partial charge on any atom is 0.262 e. The van der Waals surface area contributed by atoms with Gasteiger partial charge < -0.3 is 19.1 Å². The van der Waals surface area contributed by atoms with E-state index in [-0.39, 0.29) is 16.9 Å². The quantitative estimate of drug-likeness (QED) is 0.746. The molecule has 1 N–H and O–H groups in total. The van der Waals surface area contributed by atoms with Crippen molar-refractivity contribution in [3.05, 3.63) is 41.6 Å². The van der Waals surface area contributed by atoms with E-state index < -0.39 is 10.0 Å². The molecule has 0 bridgehead atoms. The van der Waals surface area contributed by atoms with Crippen molar-refractivity contribution in [1.29, 1.82) is 0 Å². The van der Waals surface area contributed by atoms with Crippen LogP contribution < -0.4 is 14.2 Å². The van der Waals surface area contributed by atoms with Crippen LogP contribution in [-0.2, 0) is 27.6 Å². The molecule has 4 rings (SSSR count). The van der Waals surface area contributed by atoms with Gasteiger partial charge in [-0.1, -0.05) is 0 Å². The first-order valence-corrected chi connectivity index (χ1v) is 11.6. The number of pyridine rings is 1. The molecule has 2 aliphatic heterocycles. The second-order valence-electron chi connectivity index (χ2n) is 7.63. The zero-order valence-electron chi connectivity index (χ0n) is 17.3. The number of likely N-dealkylation sites (N-methyl/N-ethyl adjacent to an activating group) is 1. The molecule has 8 nitrogen and oxygen atoms in total. The van der Waals surface area contributed by atoms with Gasteiger partial charge >= 0.3 is 0 Å². The van der Waals surface area contributed by atoms with E-state index in [1.54, 1.807) is 12.1 Å². The van der Waals surface area contributed by atoms with Gasteiger partial charge in [-0.25, -0.2) is 13.4 Å². The number of benzene rings is 1. The lowest BCUT2D eigenvalue weighted by atomic mass is 10.1. The molecule has 0 saturated carbocycles. The topological polar surface area (TPSA) is 90.0 Å². The average Bonchev–Trinajstić information content (AvgIpc) is 3.17. The lowest BCUT2D eigenvalue weighted by Gasteiger charge is -2.15. The van der Waals surface area contributed by atoms with E-state index in [1.165, 1.54) is 19.2 Å². The number of ether oxygens (including phenoxy) is 3. The first-order chi connectivity index (χ1) is 14.4. The highest BCUT2D eigenvalue weighted by Crippen LogP contribution is 2.29. The molecule has 1 aromatic carbocycles. The Morgan fingerprint density at radius 1 is 1.20 bits per heavy atom. The number of aromatic nitrogens is 1. The Labute approximate surface area is 177 Å². The Bertz CT molecular complexity index is 988. The highest BCUT2D eigenvalue weighted by Gasteiger charge is 2.22. The summed E-state index contributed by atoms with van der Waals surface area (Å²) < 4.78 is 45.0. The molecule has 3 heterocycles. The van der Waals surface area contributed by atoms with Crippen molar-refractivity contribution in [1.82, 2.24) is 9.88 Å². The van der Waals surface area contributed by atoms with Crippen LogP contribution in [0, 0.1) is 0 Å². The molecule has 162 valence electrons. The molecule has 2 aliphatic rings. The highest BCUT2D eigenvalue weighted by atomic mass is 32.2. The van der Waals surface area contributed by atoms with E-state index in [0.29, 0.717) is 24.7 Å². The first kappa shape index (κ1) is 20.9. The van der Waals surface area contributed by atoms with Gasteiger partial charge in [0.2, 0.25) is 5.88 Å². The monoisotopic (exact) mass is 433 g/mol. The number of fused-ring (bicyclic) bond motifs is 1. The number of hydrogen-bond donors (Lipinski definition) is 1. The van der Waals surface area contributed by atoms with Crippen molar-refractivity contribution >= 4 is 15.7 Å². The van der Waals surface area contributed by atoms with Crippen LogP contribution in [0.4, 0.5) is 5.69 Å². The second kappa shape index (κ2) is 8.79. The minimum absolute atomic E-state index is 0.0135. The van der Waals surface area contributed by atoms with E-state index in [2.05, 4.69) is 21.7 Å². The van der Waals surface area contributed by atoms with Crippen molar-refractivity contribution in [3.63, 3.8) is 0 Å². The van der Waals surface area contributed by atoms with Gasteiger partial charge in [-0.3, -0.25) is 4.72 Å². The van der Waals surface area contributed by atoms with E-state index in [0.717, 1.165) is 43.6 Å². The summed E-state index contributed by atoms with van der Waals surface area (Å²) in [6, 6.07) is 8.23. The van der Waals surface area contributed by atoms with Crippen LogP contribution in [0.2, 0.25) is 0 Å². The van der Waals surface area contributed by atoms with Gasteiger partial charge in [-0.05, 0) is 49.4 Å². The van der Waals surface area contributed by atoms with E-state index in [1.807, 2.05) is 6.07 Å². The molecule has 9 heteroatoms. The van der Waals surface area contributed by atoms with Crippen molar-refractivity contribution in [3.8, 4) is 11.6 Å². The van der Waals surface area contributed by atoms with Gasteiger partial charge in [0.25, 0.3) is 10.0 Å². The standard InChI is InChI=1S/C21H27N3O5S/c1-24-10-7-15-13-20(21(27-2)22-19(15)8-11-24)23-30(25,26)18-5-3-16(4-6-18)29-17-9-12-28-14-17/h3-6,13,17,23H,7-12,14H2,1-2H3/t17-/m1/s1. The number of rotatable bonds is 6. The zero-order chi connectivity index (χ0) is 21.1. The number of hydrogen-bond acceptors (Lipinski definition) is 7. The Balaban J connectivity index is 1.54. The molecular weight excluding hydrogens is 406 g/mol. The van der Waals surface area contributed by atoms with E-state index in [4.69, 9.17) is 14.2 Å². The zero-order valence-corrected chi connectivity index (χ0v) is 18.1. The van der Waals surface area contributed by atoms with Crippen LogP contribution in [0.15, 0.2) is 35.2 Å². The third-order valence-corrected chi connectivity index (χ3v) is 6.79. The Morgan fingerprint density at radius 3 is 2.67 bits per heavy atom. The van der Waals surface area contributed by atoms with Gasteiger partial charge in [0.05, 0.1) is 25.2 Å². The predicted molar refractivity (Wildman–Crippen MR) is 113 cm³/mol. The molecule has 2 aromatic rings. The molecule has 0 amide bonds. The summed E-state index contributed by atoms with van der Waals surface area (Å²) in [7, 11) is -0.233. The van der Waals surface area contributed by atoms with Gasteiger partial charge in [-0.2, -0.15) is 0 Å². The Hall–Kier alpha value is -2.36. The van der Waals surface area contributed by atoms with Crippen molar-refractivity contribution in [2.24, 2.45) is 0 Å². The summed E-state index contributed by atoms with van der Waals surface area (Å²) in [5.41, 5.74) is 2.35.